The Kier molecular flexibility index (Phi) is 5.71. The van der Waals surface area contributed by atoms with E-state index in [4.69, 9.17) is 0 Å². The number of hydrogen-bond acceptors (Lipinski definition) is 2. The average Bonchev–Trinajstić information content (AvgIpc) is 2.65. The number of carbonyl (C=O) groups excluding carboxylic acids is 2. The van der Waals surface area contributed by atoms with Gasteiger partial charge >= 0.3 is 0 Å². The standard InChI is InChI=1S/C22H26N2O2/c1-15-12-13-17(14-16(15)2)21(25)24-20-11-7-6-10-19(20)22(26)23-18-8-4-3-5-9-18/h6-7,10-14,18H,3-5,8-9H2,1-2H3,(H,23,26)(H,24,25). The zero-order chi connectivity index (χ0) is 18.5. The normalized spacial score (nSPS) is 14.7. The third-order valence-corrected chi connectivity index (χ3v) is 5.13. The first-order valence-corrected chi connectivity index (χ1v) is 9.33. The van der Waals surface area contributed by atoms with E-state index in [0.717, 1.165) is 36.8 Å². The molecular formula is C22H26N2O2. The Balaban J connectivity index is 1.74. The first-order valence-electron chi connectivity index (χ1n) is 9.33. The van der Waals surface area contributed by atoms with E-state index >= 15 is 0 Å². The fourth-order valence-corrected chi connectivity index (χ4v) is 3.38. The Morgan fingerprint density at radius 2 is 1.62 bits per heavy atom. The van der Waals surface area contributed by atoms with Crippen LogP contribution in [-0.2, 0) is 0 Å². The predicted molar refractivity (Wildman–Crippen MR) is 105 cm³/mol. The third kappa shape index (κ3) is 4.31. The second-order valence-electron chi connectivity index (χ2n) is 7.11. The summed E-state index contributed by atoms with van der Waals surface area (Å²) in [4.78, 5) is 25.3. The summed E-state index contributed by atoms with van der Waals surface area (Å²) in [5.74, 6) is -0.320. The number of nitrogens with one attached hydrogen (secondary N) is 2. The lowest BCUT2D eigenvalue weighted by atomic mass is 9.95. The van der Waals surface area contributed by atoms with Crippen molar-refractivity contribution in [1.29, 1.82) is 0 Å². The SMILES string of the molecule is Cc1ccc(C(=O)Nc2ccccc2C(=O)NC2CCCCC2)cc1C. The van der Waals surface area contributed by atoms with Gasteiger partial charge in [-0.15, -0.1) is 0 Å². The second kappa shape index (κ2) is 8.17. The molecule has 2 aromatic carbocycles. The largest absolute Gasteiger partial charge is 0.349 e. The molecule has 26 heavy (non-hydrogen) atoms. The minimum Gasteiger partial charge on any atom is -0.349 e. The summed E-state index contributed by atoms with van der Waals surface area (Å²) in [6.45, 7) is 4.00. The molecule has 1 fully saturated rings. The van der Waals surface area contributed by atoms with E-state index < -0.39 is 0 Å². The van der Waals surface area contributed by atoms with Crippen LogP contribution in [0.1, 0.15) is 63.9 Å². The summed E-state index contributed by atoms with van der Waals surface area (Å²) in [5, 5.41) is 6.01. The highest BCUT2D eigenvalue weighted by molar-refractivity contribution is 6.09. The lowest BCUT2D eigenvalue weighted by Gasteiger charge is -2.23. The van der Waals surface area contributed by atoms with Crippen molar-refractivity contribution < 1.29 is 9.59 Å². The molecule has 0 spiro atoms. The van der Waals surface area contributed by atoms with Crippen LogP contribution in [0.4, 0.5) is 5.69 Å². The Morgan fingerprint density at radius 3 is 2.35 bits per heavy atom. The maximum absolute atomic E-state index is 12.7. The number of aryl methyl sites for hydroxylation is 2. The number of para-hydroxylation sites is 1. The molecule has 0 aliphatic heterocycles. The molecule has 0 aromatic heterocycles. The molecule has 3 rings (SSSR count). The summed E-state index contributed by atoms with van der Waals surface area (Å²) < 4.78 is 0. The molecule has 1 aliphatic carbocycles. The number of rotatable bonds is 4. The van der Waals surface area contributed by atoms with Crippen LogP contribution >= 0.6 is 0 Å². The van der Waals surface area contributed by atoms with Gasteiger partial charge in [-0.2, -0.15) is 0 Å². The van der Waals surface area contributed by atoms with Gasteiger partial charge in [0.15, 0.2) is 0 Å². The van der Waals surface area contributed by atoms with Crippen LogP contribution in [0.15, 0.2) is 42.5 Å². The van der Waals surface area contributed by atoms with E-state index in [1.54, 1.807) is 12.1 Å². The lowest BCUT2D eigenvalue weighted by molar-refractivity contribution is 0.0928. The lowest BCUT2D eigenvalue weighted by Crippen LogP contribution is -2.36. The van der Waals surface area contributed by atoms with Crippen LogP contribution in [0, 0.1) is 13.8 Å². The Bertz CT molecular complexity index is 808. The molecule has 0 atom stereocenters. The summed E-state index contributed by atoms with van der Waals surface area (Å²) in [6, 6.07) is 13.0. The van der Waals surface area contributed by atoms with Crippen molar-refractivity contribution in [3.8, 4) is 0 Å². The maximum atomic E-state index is 12.7. The van der Waals surface area contributed by atoms with Crippen molar-refractivity contribution in [3.05, 3.63) is 64.7 Å². The number of hydrogen-bond donors (Lipinski definition) is 2. The molecule has 1 saturated carbocycles. The van der Waals surface area contributed by atoms with Gasteiger partial charge < -0.3 is 10.6 Å². The van der Waals surface area contributed by atoms with Gasteiger partial charge in [0.25, 0.3) is 11.8 Å². The zero-order valence-corrected chi connectivity index (χ0v) is 15.5. The molecule has 4 heteroatoms. The summed E-state index contributed by atoms with van der Waals surface area (Å²) >= 11 is 0. The van der Waals surface area contributed by atoms with Crippen LogP contribution in [0.3, 0.4) is 0 Å². The van der Waals surface area contributed by atoms with Crippen LogP contribution < -0.4 is 10.6 Å². The minimum absolute atomic E-state index is 0.118. The monoisotopic (exact) mass is 350 g/mol. The molecule has 0 bridgehead atoms. The first kappa shape index (κ1) is 18.2. The van der Waals surface area contributed by atoms with Crippen molar-refractivity contribution in [2.45, 2.75) is 52.0 Å². The van der Waals surface area contributed by atoms with Crippen molar-refractivity contribution in [2.75, 3.05) is 5.32 Å². The predicted octanol–water partition coefficient (Wildman–Crippen LogP) is 4.62. The molecule has 136 valence electrons. The topological polar surface area (TPSA) is 58.2 Å². The van der Waals surface area contributed by atoms with Gasteiger partial charge in [-0.3, -0.25) is 9.59 Å². The Hall–Kier alpha value is -2.62. The molecule has 0 radical (unpaired) electrons. The van der Waals surface area contributed by atoms with Gasteiger partial charge in [-0.1, -0.05) is 37.5 Å². The minimum atomic E-state index is -0.203. The molecule has 2 aromatic rings. The number of carbonyl (C=O) groups is 2. The third-order valence-electron chi connectivity index (χ3n) is 5.13. The Labute approximate surface area is 155 Å². The van der Waals surface area contributed by atoms with Crippen molar-refractivity contribution in [1.82, 2.24) is 5.32 Å². The van der Waals surface area contributed by atoms with Crippen molar-refractivity contribution in [3.63, 3.8) is 0 Å². The smallest absolute Gasteiger partial charge is 0.255 e. The molecular weight excluding hydrogens is 324 g/mol. The van der Waals surface area contributed by atoms with Gasteiger partial charge in [-0.05, 0) is 62.1 Å². The Morgan fingerprint density at radius 1 is 0.885 bits per heavy atom. The average molecular weight is 350 g/mol. The summed E-state index contributed by atoms with van der Waals surface area (Å²) in [6.07, 6.45) is 5.63. The first-order chi connectivity index (χ1) is 12.5. The molecule has 2 N–H and O–H groups in total. The number of anilines is 1. The van der Waals surface area contributed by atoms with Crippen LogP contribution in [0.25, 0.3) is 0 Å². The van der Waals surface area contributed by atoms with Crippen molar-refractivity contribution >= 4 is 17.5 Å². The van der Waals surface area contributed by atoms with Gasteiger partial charge in [0.1, 0.15) is 0 Å². The van der Waals surface area contributed by atoms with Gasteiger partial charge in [0.05, 0.1) is 11.3 Å². The zero-order valence-electron chi connectivity index (χ0n) is 15.5. The highest BCUT2D eigenvalue weighted by Gasteiger charge is 2.19. The van der Waals surface area contributed by atoms with E-state index in [1.807, 2.05) is 44.2 Å². The maximum Gasteiger partial charge on any atom is 0.255 e. The van der Waals surface area contributed by atoms with Gasteiger partial charge in [0.2, 0.25) is 0 Å². The van der Waals surface area contributed by atoms with Gasteiger partial charge in [-0.25, -0.2) is 0 Å². The molecule has 4 nitrogen and oxygen atoms in total. The van der Waals surface area contributed by atoms with Crippen molar-refractivity contribution in [2.24, 2.45) is 0 Å². The van der Waals surface area contributed by atoms with Gasteiger partial charge in [0, 0.05) is 11.6 Å². The fourth-order valence-electron chi connectivity index (χ4n) is 3.38. The molecule has 0 heterocycles. The number of amides is 2. The van der Waals surface area contributed by atoms with Crippen LogP contribution in [0.5, 0.6) is 0 Å². The molecule has 0 unspecified atom stereocenters. The number of benzene rings is 2. The highest BCUT2D eigenvalue weighted by Crippen LogP contribution is 2.21. The van der Waals surface area contributed by atoms with Crippen LogP contribution in [0.2, 0.25) is 0 Å². The molecule has 1 aliphatic rings. The van der Waals surface area contributed by atoms with E-state index in [2.05, 4.69) is 10.6 Å². The second-order valence-corrected chi connectivity index (χ2v) is 7.11. The fraction of sp³-hybridized carbons (Fsp3) is 0.364. The summed E-state index contributed by atoms with van der Waals surface area (Å²) in [5.41, 5.74) is 3.87. The van der Waals surface area contributed by atoms with Crippen LogP contribution in [-0.4, -0.2) is 17.9 Å². The molecule has 0 saturated heterocycles. The van der Waals surface area contributed by atoms with E-state index in [1.165, 1.54) is 6.42 Å². The highest BCUT2D eigenvalue weighted by atomic mass is 16.2. The van der Waals surface area contributed by atoms with E-state index in [0.29, 0.717) is 16.8 Å². The quantitative estimate of drug-likeness (QED) is 0.845. The van der Waals surface area contributed by atoms with E-state index in [9.17, 15) is 9.59 Å². The molecule has 2 amide bonds. The van der Waals surface area contributed by atoms with E-state index in [-0.39, 0.29) is 17.9 Å². The summed E-state index contributed by atoms with van der Waals surface area (Å²) in [7, 11) is 0.